The van der Waals surface area contributed by atoms with E-state index in [1.54, 1.807) is 22.7 Å². The molecule has 0 spiro atoms. The molecule has 2 atom stereocenters. The molecule has 0 radical (unpaired) electrons. The van der Waals surface area contributed by atoms with Crippen LogP contribution in [0.1, 0.15) is 150 Å². The van der Waals surface area contributed by atoms with Gasteiger partial charge in [-0.1, -0.05) is 155 Å². The molecular formula is C54H62O2S6. The van der Waals surface area contributed by atoms with Gasteiger partial charge in [-0.3, -0.25) is 9.59 Å². The maximum atomic E-state index is 13.8. The topological polar surface area (TPSA) is 34.1 Å². The lowest BCUT2D eigenvalue weighted by molar-refractivity contribution is -0.106. The highest BCUT2D eigenvalue weighted by molar-refractivity contribution is 8.15. The first-order valence-corrected chi connectivity index (χ1v) is 28.5. The highest BCUT2D eigenvalue weighted by Gasteiger charge is 2.30. The third-order valence-corrected chi connectivity index (χ3v) is 19.7. The molecule has 0 amide bonds. The highest BCUT2D eigenvalue weighted by atomic mass is 32.2. The number of hydrogen-bond donors (Lipinski definition) is 0. The van der Waals surface area contributed by atoms with Gasteiger partial charge < -0.3 is 0 Å². The van der Waals surface area contributed by atoms with E-state index >= 15 is 0 Å². The van der Waals surface area contributed by atoms with E-state index < -0.39 is 0 Å². The van der Waals surface area contributed by atoms with Crippen LogP contribution in [0.25, 0.3) is 41.4 Å². The van der Waals surface area contributed by atoms with Gasteiger partial charge in [0, 0.05) is 59.2 Å². The standard InChI is InChI=1S/C54H62O2S6/c1-5-9-13-15-19-35(17-11-7-3)33-37-21-27-43(57-37)45-29-31-47(59-45)49-41-25-23-40-39(51(41)61-53(49)55)24-26-42-50(54(56)62-52(40)42)48-32-30-46(60-48)44-28-22-38(58-44)34-36(18-12-8-4)20-16-14-10-6-2/h21-32,35-36H,5-20,33-34H2,1-4H3. The summed E-state index contributed by atoms with van der Waals surface area (Å²) in [4.78, 5) is 39.8. The molecule has 326 valence electrons. The molecule has 0 bridgehead atoms. The van der Waals surface area contributed by atoms with Gasteiger partial charge in [-0.15, -0.1) is 45.3 Å². The van der Waals surface area contributed by atoms with Gasteiger partial charge >= 0.3 is 0 Å². The van der Waals surface area contributed by atoms with E-state index in [-0.39, 0.29) is 10.2 Å². The van der Waals surface area contributed by atoms with Crippen LogP contribution < -0.4 is 10.4 Å². The summed E-state index contributed by atoms with van der Waals surface area (Å²) in [5, 5.41) is 4.36. The Kier molecular flexibility index (Phi) is 16.2. The van der Waals surface area contributed by atoms with Crippen molar-refractivity contribution in [3.8, 4) is 19.5 Å². The van der Waals surface area contributed by atoms with Gasteiger partial charge in [-0.2, -0.15) is 0 Å². The first kappa shape index (κ1) is 45.8. The summed E-state index contributed by atoms with van der Waals surface area (Å²) in [6, 6.07) is 26.5. The molecule has 0 fully saturated rings. The van der Waals surface area contributed by atoms with Crippen molar-refractivity contribution in [2.45, 2.75) is 153 Å². The SMILES string of the molecule is CCCCCCC(CCCC)Cc1ccc(-c2ccc(C3=c4ccc5c6c(ccc5c4SC3=O)=C(c3ccc(-c4ccc(CC(CCCC)CCCCCC)s4)s3)C(=O)S6)s2)s1. The Morgan fingerprint density at radius 1 is 0.387 bits per heavy atom. The monoisotopic (exact) mass is 934 g/mol. The second-order valence-corrected chi connectivity index (χ2v) is 24.0. The summed E-state index contributed by atoms with van der Waals surface area (Å²) < 4.78 is 0. The predicted molar refractivity (Wildman–Crippen MR) is 276 cm³/mol. The molecule has 0 saturated carbocycles. The van der Waals surface area contributed by atoms with Crippen molar-refractivity contribution in [1.29, 1.82) is 0 Å². The Balaban J connectivity index is 1.01. The van der Waals surface area contributed by atoms with E-state index in [2.05, 4.69) is 100 Å². The molecule has 2 aromatic carbocycles. The largest absolute Gasteiger partial charge is 0.281 e. The number of hydrogen-bond acceptors (Lipinski definition) is 8. The summed E-state index contributed by atoms with van der Waals surface area (Å²) in [5.74, 6) is 1.54. The molecule has 2 nitrogen and oxygen atoms in total. The van der Waals surface area contributed by atoms with Crippen LogP contribution in [0.4, 0.5) is 0 Å². The van der Waals surface area contributed by atoms with Crippen LogP contribution in [0, 0.1) is 11.8 Å². The maximum Gasteiger partial charge on any atom is 0.226 e. The summed E-state index contributed by atoms with van der Waals surface area (Å²) in [5.41, 5.74) is 1.63. The van der Waals surface area contributed by atoms with Crippen molar-refractivity contribution >= 4 is 101 Å². The zero-order valence-corrected chi connectivity index (χ0v) is 42.0. The molecule has 4 aromatic heterocycles. The van der Waals surface area contributed by atoms with E-state index in [1.165, 1.54) is 168 Å². The van der Waals surface area contributed by atoms with Crippen LogP contribution in [0.2, 0.25) is 0 Å². The minimum absolute atomic E-state index is 0.109. The van der Waals surface area contributed by atoms with Gasteiger partial charge in [-0.25, -0.2) is 0 Å². The molecule has 8 heteroatoms. The van der Waals surface area contributed by atoms with Crippen LogP contribution in [0.5, 0.6) is 0 Å². The number of thioether (sulfide) groups is 2. The van der Waals surface area contributed by atoms with Crippen molar-refractivity contribution in [1.82, 2.24) is 0 Å². The quantitative estimate of drug-likeness (QED) is 0.0566. The number of unbranched alkanes of at least 4 members (excludes halogenated alkanes) is 8. The minimum Gasteiger partial charge on any atom is -0.281 e. The molecular weight excluding hydrogens is 873 g/mol. The van der Waals surface area contributed by atoms with Crippen molar-refractivity contribution in [2.75, 3.05) is 0 Å². The second kappa shape index (κ2) is 22.0. The number of fused-ring (bicyclic) bond motifs is 5. The van der Waals surface area contributed by atoms with Crippen molar-refractivity contribution in [3.63, 3.8) is 0 Å². The van der Waals surface area contributed by atoms with Gasteiger partial charge in [0.2, 0.25) is 10.2 Å². The van der Waals surface area contributed by atoms with Crippen LogP contribution in [-0.2, 0) is 22.4 Å². The van der Waals surface area contributed by atoms with E-state index in [9.17, 15) is 9.59 Å². The Morgan fingerprint density at radius 3 is 1.18 bits per heavy atom. The molecule has 2 aliphatic heterocycles. The third kappa shape index (κ3) is 10.5. The number of rotatable bonds is 24. The number of benzene rings is 2. The molecule has 8 rings (SSSR count). The average Bonchev–Trinajstić information content (AvgIpc) is 4.14. The molecule has 2 unspecified atom stereocenters. The van der Waals surface area contributed by atoms with Crippen LogP contribution in [0.3, 0.4) is 0 Å². The molecule has 6 heterocycles. The van der Waals surface area contributed by atoms with Gasteiger partial charge in [0.1, 0.15) is 0 Å². The number of carbonyl (C=O) groups excluding carboxylic acids is 2. The summed E-state index contributed by atoms with van der Waals surface area (Å²) in [6.07, 6.45) is 23.5. The molecule has 2 aliphatic rings. The van der Waals surface area contributed by atoms with Gasteiger partial charge in [0.25, 0.3) is 0 Å². The maximum absolute atomic E-state index is 13.8. The first-order valence-electron chi connectivity index (χ1n) is 23.6. The van der Waals surface area contributed by atoms with Gasteiger partial charge in [0.05, 0.1) is 11.1 Å². The fourth-order valence-corrected chi connectivity index (χ4v) is 16.2. The average molecular weight is 935 g/mol. The van der Waals surface area contributed by atoms with E-state index in [0.717, 1.165) is 63.7 Å². The summed E-state index contributed by atoms with van der Waals surface area (Å²) >= 11 is 10.0. The number of thiophene rings is 4. The molecule has 0 saturated heterocycles. The van der Waals surface area contributed by atoms with Crippen molar-refractivity contribution in [3.05, 3.63) is 103 Å². The van der Waals surface area contributed by atoms with Crippen LogP contribution in [0.15, 0.2) is 82.6 Å². The van der Waals surface area contributed by atoms with E-state index in [1.807, 2.05) is 22.7 Å². The smallest absolute Gasteiger partial charge is 0.226 e. The predicted octanol–water partition coefficient (Wildman–Crippen LogP) is 16.7. The highest BCUT2D eigenvalue weighted by Crippen LogP contribution is 2.45. The fraction of sp³-hybridized carbons (Fsp3) is 0.444. The zero-order chi connectivity index (χ0) is 43.0. The minimum atomic E-state index is 0.109. The van der Waals surface area contributed by atoms with Crippen LogP contribution >= 0.6 is 68.9 Å². The van der Waals surface area contributed by atoms with Crippen LogP contribution in [-0.4, -0.2) is 10.2 Å². The Bertz CT molecular complexity index is 2430. The summed E-state index contributed by atoms with van der Waals surface area (Å²) in [6.45, 7) is 9.19. The zero-order valence-electron chi connectivity index (χ0n) is 37.1. The van der Waals surface area contributed by atoms with Gasteiger partial charge in [0.15, 0.2) is 0 Å². The Hall–Kier alpha value is -2.72. The lowest BCUT2D eigenvalue weighted by atomic mass is 9.92. The first-order chi connectivity index (χ1) is 30.4. The lowest BCUT2D eigenvalue weighted by Gasteiger charge is -2.15. The Labute approximate surface area is 394 Å². The van der Waals surface area contributed by atoms with E-state index in [4.69, 9.17) is 0 Å². The van der Waals surface area contributed by atoms with E-state index in [0.29, 0.717) is 0 Å². The normalized spacial score (nSPS) is 14.7. The molecule has 0 N–H and O–H groups in total. The summed E-state index contributed by atoms with van der Waals surface area (Å²) in [7, 11) is 0. The Morgan fingerprint density at radius 2 is 0.758 bits per heavy atom. The molecule has 0 aliphatic carbocycles. The molecule has 6 aromatic rings. The third-order valence-electron chi connectivity index (χ3n) is 12.8. The molecule has 62 heavy (non-hydrogen) atoms. The van der Waals surface area contributed by atoms with Crippen molar-refractivity contribution in [2.24, 2.45) is 11.8 Å². The lowest BCUT2D eigenvalue weighted by Crippen LogP contribution is -2.09. The number of carbonyl (C=O) groups is 2. The van der Waals surface area contributed by atoms with Crippen molar-refractivity contribution < 1.29 is 9.59 Å². The fourth-order valence-electron chi connectivity index (χ4n) is 9.36. The van der Waals surface area contributed by atoms with Gasteiger partial charge in [-0.05, 0) is 108 Å². The second-order valence-electron chi connectivity index (χ2n) is 17.5.